The smallest absolute Gasteiger partial charge is 0.416 e. The van der Waals surface area contributed by atoms with Gasteiger partial charge >= 0.3 is 18.1 Å². The first-order valence-electron chi connectivity index (χ1n) is 6.79. The van der Waals surface area contributed by atoms with Gasteiger partial charge in [0.2, 0.25) is 0 Å². The summed E-state index contributed by atoms with van der Waals surface area (Å²) in [6, 6.07) is 4.80. The molecular formula is C15H17F3O4. The summed E-state index contributed by atoms with van der Waals surface area (Å²) in [5.74, 6) is -2.75. The van der Waals surface area contributed by atoms with Crippen molar-refractivity contribution in [2.45, 2.75) is 33.1 Å². The fraction of sp³-hybridized carbons (Fsp3) is 0.467. The minimum atomic E-state index is -4.53. The Morgan fingerprint density at radius 1 is 1.09 bits per heavy atom. The molecule has 0 spiro atoms. The molecule has 1 aromatic rings. The number of benzene rings is 1. The molecule has 0 saturated heterocycles. The molecule has 0 radical (unpaired) electrons. The molecule has 22 heavy (non-hydrogen) atoms. The number of hydrogen-bond acceptors (Lipinski definition) is 4. The van der Waals surface area contributed by atoms with Crippen molar-refractivity contribution in [1.29, 1.82) is 0 Å². The van der Waals surface area contributed by atoms with Crippen LogP contribution in [0.2, 0.25) is 0 Å². The van der Waals surface area contributed by atoms with Gasteiger partial charge in [-0.2, -0.15) is 13.2 Å². The van der Waals surface area contributed by atoms with Crippen LogP contribution < -0.4 is 0 Å². The van der Waals surface area contributed by atoms with Gasteiger partial charge in [-0.05, 0) is 19.4 Å². The molecule has 1 atom stereocenters. The van der Waals surface area contributed by atoms with Gasteiger partial charge in [-0.1, -0.05) is 25.1 Å². The maximum Gasteiger partial charge on any atom is 0.416 e. The van der Waals surface area contributed by atoms with Crippen LogP contribution in [0, 0.1) is 5.92 Å². The van der Waals surface area contributed by atoms with E-state index in [0.29, 0.717) is 0 Å². The monoisotopic (exact) mass is 318 g/mol. The standard InChI is InChI=1S/C15H17F3O4/c1-3-11(13(19)21-4-2)14(20)22-9-10-7-5-6-8-12(10)15(16,17)18/h5-8,11H,3-4,9H2,1-2H3. The predicted molar refractivity (Wildman–Crippen MR) is 71.7 cm³/mol. The molecular weight excluding hydrogens is 301 g/mol. The quantitative estimate of drug-likeness (QED) is 0.596. The molecule has 7 heteroatoms. The molecule has 1 unspecified atom stereocenters. The van der Waals surface area contributed by atoms with E-state index in [-0.39, 0.29) is 18.6 Å². The second-order valence-electron chi connectivity index (χ2n) is 4.48. The predicted octanol–water partition coefficient (Wildman–Crippen LogP) is 3.34. The number of rotatable bonds is 6. The van der Waals surface area contributed by atoms with E-state index in [0.717, 1.165) is 6.07 Å². The highest BCUT2D eigenvalue weighted by Gasteiger charge is 2.34. The summed E-state index contributed by atoms with van der Waals surface area (Å²) in [4.78, 5) is 23.4. The number of carbonyl (C=O) groups is 2. The van der Waals surface area contributed by atoms with Gasteiger partial charge < -0.3 is 9.47 Å². The third-order valence-electron chi connectivity index (χ3n) is 2.96. The van der Waals surface area contributed by atoms with Gasteiger partial charge in [-0.3, -0.25) is 9.59 Å². The van der Waals surface area contributed by atoms with E-state index in [1.54, 1.807) is 13.8 Å². The molecule has 0 aromatic heterocycles. The van der Waals surface area contributed by atoms with Crippen molar-refractivity contribution in [1.82, 2.24) is 0 Å². The van der Waals surface area contributed by atoms with Crippen molar-refractivity contribution in [3.63, 3.8) is 0 Å². The van der Waals surface area contributed by atoms with Crippen molar-refractivity contribution < 1.29 is 32.2 Å². The van der Waals surface area contributed by atoms with Crippen molar-refractivity contribution in [2.24, 2.45) is 5.92 Å². The van der Waals surface area contributed by atoms with Gasteiger partial charge in [0.15, 0.2) is 5.92 Å². The molecule has 1 rings (SSSR count). The lowest BCUT2D eigenvalue weighted by atomic mass is 10.1. The van der Waals surface area contributed by atoms with Crippen LogP contribution in [-0.4, -0.2) is 18.5 Å². The summed E-state index contributed by atoms with van der Waals surface area (Å²) in [5, 5.41) is 0. The highest BCUT2D eigenvalue weighted by Crippen LogP contribution is 2.32. The highest BCUT2D eigenvalue weighted by atomic mass is 19.4. The largest absolute Gasteiger partial charge is 0.465 e. The summed E-state index contributed by atoms with van der Waals surface area (Å²) in [6.45, 7) is 2.74. The van der Waals surface area contributed by atoms with E-state index in [2.05, 4.69) is 0 Å². The fourth-order valence-electron chi connectivity index (χ4n) is 1.84. The molecule has 0 fully saturated rings. The second kappa shape index (κ2) is 7.82. The van der Waals surface area contributed by atoms with Crippen LogP contribution in [0.25, 0.3) is 0 Å². The molecule has 1 aromatic carbocycles. The average molecular weight is 318 g/mol. The summed E-state index contributed by atoms with van der Waals surface area (Å²) < 4.78 is 48.0. The van der Waals surface area contributed by atoms with Crippen LogP contribution in [-0.2, 0) is 31.8 Å². The molecule has 122 valence electrons. The van der Waals surface area contributed by atoms with E-state index >= 15 is 0 Å². The van der Waals surface area contributed by atoms with Gasteiger partial charge in [0.05, 0.1) is 12.2 Å². The Morgan fingerprint density at radius 2 is 1.68 bits per heavy atom. The lowest BCUT2D eigenvalue weighted by Crippen LogP contribution is -2.27. The molecule has 0 bridgehead atoms. The first-order valence-corrected chi connectivity index (χ1v) is 6.79. The summed E-state index contributed by atoms with van der Waals surface area (Å²) >= 11 is 0. The zero-order valence-corrected chi connectivity index (χ0v) is 12.3. The molecule has 0 N–H and O–H groups in total. The van der Waals surface area contributed by atoms with E-state index in [4.69, 9.17) is 9.47 Å². The van der Waals surface area contributed by atoms with E-state index in [1.165, 1.54) is 18.2 Å². The van der Waals surface area contributed by atoms with Gasteiger partial charge in [0.25, 0.3) is 0 Å². The normalized spacial score (nSPS) is 12.6. The minimum Gasteiger partial charge on any atom is -0.465 e. The maximum absolute atomic E-state index is 12.8. The van der Waals surface area contributed by atoms with Crippen molar-refractivity contribution in [3.8, 4) is 0 Å². The Labute approximate surface area is 126 Å². The van der Waals surface area contributed by atoms with Gasteiger partial charge in [0, 0.05) is 5.56 Å². The highest BCUT2D eigenvalue weighted by molar-refractivity contribution is 5.94. The SMILES string of the molecule is CCOC(=O)C(CC)C(=O)OCc1ccccc1C(F)(F)F. The van der Waals surface area contributed by atoms with E-state index in [9.17, 15) is 22.8 Å². The lowest BCUT2D eigenvalue weighted by Gasteiger charge is -2.15. The van der Waals surface area contributed by atoms with Crippen LogP contribution in [0.1, 0.15) is 31.4 Å². The third kappa shape index (κ3) is 4.75. The third-order valence-corrected chi connectivity index (χ3v) is 2.96. The van der Waals surface area contributed by atoms with Crippen molar-refractivity contribution >= 4 is 11.9 Å². The van der Waals surface area contributed by atoms with Crippen LogP contribution in [0.15, 0.2) is 24.3 Å². The molecule has 0 amide bonds. The van der Waals surface area contributed by atoms with Gasteiger partial charge in [-0.25, -0.2) is 0 Å². The molecule has 0 heterocycles. The number of alkyl halides is 3. The molecule has 0 aliphatic carbocycles. The molecule has 0 aliphatic rings. The van der Waals surface area contributed by atoms with Crippen molar-refractivity contribution in [3.05, 3.63) is 35.4 Å². The summed E-state index contributed by atoms with van der Waals surface area (Å²) in [7, 11) is 0. The topological polar surface area (TPSA) is 52.6 Å². The molecule has 0 saturated carbocycles. The number of hydrogen-bond donors (Lipinski definition) is 0. The number of ether oxygens (including phenoxy) is 2. The zero-order chi connectivity index (χ0) is 16.8. The average Bonchev–Trinajstić information content (AvgIpc) is 2.45. The number of halogens is 3. The first-order chi connectivity index (χ1) is 10.3. The Kier molecular flexibility index (Phi) is 6.39. The fourth-order valence-corrected chi connectivity index (χ4v) is 1.84. The van der Waals surface area contributed by atoms with Crippen LogP contribution >= 0.6 is 0 Å². The Bertz CT molecular complexity index is 526. The number of carbonyl (C=O) groups excluding carboxylic acids is 2. The maximum atomic E-state index is 12.8. The summed E-state index contributed by atoms with van der Waals surface area (Å²) in [6.07, 6.45) is -4.38. The Hall–Kier alpha value is -2.05. The van der Waals surface area contributed by atoms with Crippen LogP contribution in [0.3, 0.4) is 0 Å². The van der Waals surface area contributed by atoms with Crippen LogP contribution in [0.5, 0.6) is 0 Å². The summed E-state index contributed by atoms with van der Waals surface area (Å²) in [5.41, 5.74) is -1.03. The molecule has 0 aliphatic heterocycles. The lowest BCUT2D eigenvalue weighted by molar-refractivity contribution is -0.163. The second-order valence-corrected chi connectivity index (χ2v) is 4.48. The number of esters is 2. The van der Waals surface area contributed by atoms with Crippen molar-refractivity contribution in [2.75, 3.05) is 6.61 Å². The molecule has 4 nitrogen and oxygen atoms in total. The van der Waals surface area contributed by atoms with Gasteiger partial charge in [0.1, 0.15) is 6.61 Å². The van der Waals surface area contributed by atoms with Crippen LogP contribution in [0.4, 0.5) is 13.2 Å². The zero-order valence-electron chi connectivity index (χ0n) is 12.3. The minimum absolute atomic E-state index is 0.111. The first kappa shape index (κ1) is 18.0. The van der Waals surface area contributed by atoms with Gasteiger partial charge in [-0.15, -0.1) is 0 Å². The van der Waals surface area contributed by atoms with E-state index in [1.807, 2.05) is 0 Å². The Balaban J connectivity index is 2.78. The van der Waals surface area contributed by atoms with E-state index < -0.39 is 36.2 Å². The Morgan fingerprint density at radius 3 is 2.23 bits per heavy atom.